The van der Waals surface area contributed by atoms with Crippen LogP contribution in [0, 0.1) is 5.41 Å². The van der Waals surface area contributed by atoms with Crippen molar-refractivity contribution in [3.05, 3.63) is 24.3 Å². The molecule has 1 atom stereocenters. The summed E-state index contributed by atoms with van der Waals surface area (Å²) in [6.45, 7) is 6.26. The van der Waals surface area contributed by atoms with Crippen molar-refractivity contribution in [2.45, 2.75) is 44.6 Å². The van der Waals surface area contributed by atoms with Gasteiger partial charge in [0.15, 0.2) is 9.84 Å². The summed E-state index contributed by atoms with van der Waals surface area (Å²) in [5, 5.41) is 3.36. The molecule has 0 bridgehead atoms. The first kappa shape index (κ1) is 13.4. The summed E-state index contributed by atoms with van der Waals surface area (Å²) in [7, 11) is -3.16. The molecule has 1 N–H and O–H groups in total. The van der Waals surface area contributed by atoms with Crippen molar-refractivity contribution in [3.63, 3.8) is 0 Å². The minimum Gasteiger partial charge on any atom is -0.381 e. The molecule has 0 aliphatic heterocycles. The summed E-state index contributed by atoms with van der Waals surface area (Å²) < 4.78 is 24.4. The third kappa shape index (κ3) is 2.69. The Morgan fingerprint density at radius 2 is 1.94 bits per heavy atom. The summed E-state index contributed by atoms with van der Waals surface area (Å²) in [6.07, 6.45) is 1.74. The molecule has 0 amide bonds. The van der Waals surface area contributed by atoms with Crippen molar-refractivity contribution in [1.82, 2.24) is 0 Å². The highest BCUT2D eigenvalue weighted by atomic mass is 32.2. The van der Waals surface area contributed by atoms with E-state index in [4.69, 9.17) is 0 Å². The van der Waals surface area contributed by atoms with Crippen LogP contribution in [0.5, 0.6) is 0 Å². The standard InChI is InChI=1S/C14H21NO2S/c1-4-9-18(16,17)12-8-6-5-7-11(12)15-13-10-14(13,2)3/h5-8,13,15H,4,9-10H2,1-3H3. The molecule has 1 fully saturated rings. The zero-order valence-corrected chi connectivity index (χ0v) is 12.0. The molecule has 1 unspecified atom stereocenters. The lowest BCUT2D eigenvalue weighted by atomic mass is 10.2. The van der Waals surface area contributed by atoms with E-state index in [1.165, 1.54) is 0 Å². The molecular weight excluding hydrogens is 246 g/mol. The summed E-state index contributed by atoms with van der Waals surface area (Å²) in [6, 6.07) is 7.60. The highest BCUT2D eigenvalue weighted by Crippen LogP contribution is 2.47. The molecule has 0 radical (unpaired) electrons. The Bertz CT molecular complexity index is 534. The zero-order chi connectivity index (χ0) is 13.4. The molecule has 3 nitrogen and oxygen atoms in total. The van der Waals surface area contributed by atoms with Crippen molar-refractivity contribution >= 4 is 15.5 Å². The molecular formula is C14H21NO2S. The van der Waals surface area contributed by atoms with Crippen LogP contribution in [0.2, 0.25) is 0 Å². The van der Waals surface area contributed by atoms with Gasteiger partial charge in [-0.15, -0.1) is 0 Å². The molecule has 1 saturated carbocycles. The Labute approximate surface area is 110 Å². The predicted octanol–water partition coefficient (Wildman–Crippen LogP) is 3.08. The second kappa shape index (κ2) is 4.57. The molecule has 1 aromatic carbocycles. The lowest BCUT2D eigenvalue weighted by Gasteiger charge is -2.13. The Hall–Kier alpha value is -1.03. The van der Waals surface area contributed by atoms with Crippen LogP contribution in [0.3, 0.4) is 0 Å². The van der Waals surface area contributed by atoms with Gasteiger partial charge in [-0.3, -0.25) is 0 Å². The zero-order valence-electron chi connectivity index (χ0n) is 11.2. The Morgan fingerprint density at radius 3 is 2.50 bits per heavy atom. The Morgan fingerprint density at radius 1 is 1.33 bits per heavy atom. The van der Waals surface area contributed by atoms with Gasteiger partial charge in [-0.2, -0.15) is 0 Å². The summed E-state index contributed by atoms with van der Waals surface area (Å²) >= 11 is 0. The van der Waals surface area contributed by atoms with Crippen LogP contribution in [-0.4, -0.2) is 20.2 Å². The molecule has 18 heavy (non-hydrogen) atoms. The third-order valence-corrected chi connectivity index (χ3v) is 5.51. The van der Waals surface area contributed by atoms with Crippen molar-refractivity contribution < 1.29 is 8.42 Å². The average Bonchev–Trinajstić information content (AvgIpc) is 2.86. The fourth-order valence-corrected chi connectivity index (χ4v) is 3.64. The monoisotopic (exact) mass is 267 g/mol. The molecule has 0 aromatic heterocycles. The van der Waals surface area contributed by atoms with Crippen molar-refractivity contribution in [1.29, 1.82) is 0 Å². The van der Waals surface area contributed by atoms with Gasteiger partial charge in [0.05, 0.1) is 16.3 Å². The highest BCUT2D eigenvalue weighted by Gasteiger charge is 2.46. The van der Waals surface area contributed by atoms with Crippen LogP contribution in [0.1, 0.15) is 33.6 Å². The second-order valence-corrected chi connectivity index (χ2v) is 7.78. The molecule has 1 aliphatic rings. The lowest BCUT2D eigenvalue weighted by Crippen LogP contribution is -2.13. The van der Waals surface area contributed by atoms with Gasteiger partial charge >= 0.3 is 0 Å². The summed E-state index contributed by atoms with van der Waals surface area (Å²) in [5.74, 6) is 0.208. The first-order valence-electron chi connectivity index (χ1n) is 6.45. The topological polar surface area (TPSA) is 46.2 Å². The minimum absolute atomic E-state index is 0.208. The number of sulfone groups is 1. The number of rotatable bonds is 5. The molecule has 4 heteroatoms. The maximum atomic E-state index is 12.2. The van der Waals surface area contributed by atoms with E-state index in [1.54, 1.807) is 12.1 Å². The fraction of sp³-hybridized carbons (Fsp3) is 0.571. The van der Waals surface area contributed by atoms with Crippen LogP contribution in [-0.2, 0) is 9.84 Å². The fourth-order valence-electron chi connectivity index (χ4n) is 2.14. The van der Waals surface area contributed by atoms with E-state index in [9.17, 15) is 8.42 Å². The molecule has 1 aliphatic carbocycles. The van der Waals surface area contributed by atoms with Gasteiger partial charge in [0.1, 0.15) is 0 Å². The maximum Gasteiger partial charge on any atom is 0.180 e. The van der Waals surface area contributed by atoms with Gasteiger partial charge in [0.2, 0.25) is 0 Å². The Balaban J connectivity index is 2.26. The van der Waals surface area contributed by atoms with Crippen molar-refractivity contribution in [3.8, 4) is 0 Å². The SMILES string of the molecule is CCCS(=O)(=O)c1ccccc1NC1CC1(C)C. The summed E-state index contributed by atoms with van der Waals surface area (Å²) in [4.78, 5) is 0.439. The van der Waals surface area contributed by atoms with E-state index >= 15 is 0 Å². The van der Waals surface area contributed by atoms with Crippen molar-refractivity contribution in [2.75, 3.05) is 11.1 Å². The van der Waals surface area contributed by atoms with E-state index in [-0.39, 0.29) is 11.2 Å². The molecule has 0 spiro atoms. The number of para-hydroxylation sites is 1. The molecule has 2 rings (SSSR count). The smallest absolute Gasteiger partial charge is 0.180 e. The number of anilines is 1. The van der Waals surface area contributed by atoms with Gasteiger partial charge in [-0.25, -0.2) is 8.42 Å². The van der Waals surface area contributed by atoms with E-state index in [0.717, 1.165) is 12.1 Å². The normalized spacial score (nSPS) is 21.6. The predicted molar refractivity (Wildman–Crippen MR) is 74.6 cm³/mol. The third-order valence-electron chi connectivity index (χ3n) is 3.54. The minimum atomic E-state index is -3.16. The van der Waals surface area contributed by atoms with Gasteiger partial charge in [-0.05, 0) is 30.4 Å². The quantitative estimate of drug-likeness (QED) is 0.891. The molecule has 100 valence electrons. The molecule has 0 heterocycles. The van der Waals surface area contributed by atoms with E-state index in [1.807, 2.05) is 19.1 Å². The number of nitrogens with one attached hydrogen (secondary N) is 1. The van der Waals surface area contributed by atoms with Gasteiger partial charge in [0, 0.05) is 6.04 Å². The van der Waals surface area contributed by atoms with Crippen LogP contribution < -0.4 is 5.32 Å². The Kier molecular flexibility index (Phi) is 3.41. The van der Waals surface area contributed by atoms with Crippen molar-refractivity contribution in [2.24, 2.45) is 5.41 Å². The van der Waals surface area contributed by atoms with Crippen LogP contribution in [0.25, 0.3) is 0 Å². The van der Waals surface area contributed by atoms with Crippen LogP contribution in [0.4, 0.5) is 5.69 Å². The van der Waals surface area contributed by atoms with E-state index < -0.39 is 9.84 Å². The molecule has 0 saturated heterocycles. The second-order valence-electron chi connectivity index (χ2n) is 5.70. The van der Waals surface area contributed by atoms with Gasteiger partial charge in [0.25, 0.3) is 0 Å². The van der Waals surface area contributed by atoms with E-state index in [2.05, 4.69) is 19.2 Å². The highest BCUT2D eigenvalue weighted by molar-refractivity contribution is 7.91. The number of benzene rings is 1. The van der Waals surface area contributed by atoms with Gasteiger partial charge < -0.3 is 5.32 Å². The number of hydrogen-bond donors (Lipinski definition) is 1. The maximum absolute atomic E-state index is 12.2. The lowest BCUT2D eigenvalue weighted by molar-refractivity contribution is 0.594. The van der Waals surface area contributed by atoms with Crippen LogP contribution >= 0.6 is 0 Å². The first-order chi connectivity index (χ1) is 8.37. The first-order valence-corrected chi connectivity index (χ1v) is 8.10. The van der Waals surface area contributed by atoms with Crippen LogP contribution in [0.15, 0.2) is 29.2 Å². The molecule has 1 aromatic rings. The largest absolute Gasteiger partial charge is 0.381 e. The number of hydrogen-bond acceptors (Lipinski definition) is 3. The van der Waals surface area contributed by atoms with E-state index in [0.29, 0.717) is 17.4 Å². The van der Waals surface area contributed by atoms with Gasteiger partial charge in [-0.1, -0.05) is 32.9 Å². The summed E-state index contributed by atoms with van der Waals surface area (Å²) in [5.41, 5.74) is 1.03. The average molecular weight is 267 g/mol.